The van der Waals surface area contributed by atoms with Crippen LogP contribution in [0.4, 0.5) is 0 Å². The van der Waals surface area contributed by atoms with E-state index in [9.17, 15) is 9.59 Å². The number of ether oxygens (including phenoxy) is 2. The molecule has 0 aromatic rings. The Labute approximate surface area is 221 Å². The molecule has 1 atom stereocenters. The van der Waals surface area contributed by atoms with Crippen molar-refractivity contribution in [2.24, 2.45) is 0 Å². The van der Waals surface area contributed by atoms with Gasteiger partial charge in [0.15, 0.2) is 0 Å². The first kappa shape index (κ1) is 37.0. The summed E-state index contributed by atoms with van der Waals surface area (Å²) < 4.78 is 9.59. The van der Waals surface area contributed by atoms with E-state index in [1.165, 1.54) is 89.9 Å². The monoisotopic (exact) mass is 518 g/mol. The number of esters is 2. The minimum Gasteiger partial charge on any atom is -0.463 e. The minimum absolute atomic E-state index is 0.0799. The molecule has 0 bridgehead atoms. The van der Waals surface area contributed by atoms with E-state index in [-0.39, 0.29) is 38.4 Å². The van der Waals surface area contributed by atoms with Crippen LogP contribution in [-0.2, 0) is 19.1 Å². The fourth-order valence-corrected chi connectivity index (χ4v) is 3.71. The van der Waals surface area contributed by atoms with Gasteiger partial charge < -0.3 is 24.8 Å². The van der Waals surface area contributed by atoms with Gasteiger partial charge in [-0.25, -0.2) is 0 Å². The van der Waals surface area contributed by atoms with E-state index in [0.29, 0.717) is 12.8 Å². The van der Waals surface area contributed by atoms with Crippen LogP contribution in [0.5, 0.6) is 0 Å². The molecule has 0 aromatic heterocycles. The second kappa shape index (κ2) is 31.8. The number of hydrogen-bond acceptors (Lipinski definition) is 7. The lowest BCUT2D eigenvalue weighted by molar-refractivity contribution is -0.147. The van der Waals surface area contributed by atoms with Gasteiger partial charge in [0.1, 0.15) is 19.3 Å². The third-order valence-electron chi connectivity index (χ3n) is 5.97. The van der Waals surface area contributed by atoms with E-state index in [1.807, 2.05) is 0 Å². The summed E-state index contributed by atoms with van der Waals surface area (Å²) in [5.74, 6) is -0.461. The minimum atomic E-state index is -0.952. The summed E-state index contributed by atoms with van der Waals surface area (Å²) in [6.07, 6.45) is 22.1. The third kappa shape index (κ3) is 32.8. The van der Waals surface area contributed by atoms with E-state index in [4.69, 9.17) is 24.8 Å². The van der Waals surface area contributed by atoms with Crippen molar-refractivity contribution in [1.29, 1.82) is 0 Å². The molecule has 3 N–H and O–H groups in total. The van der Waals surface area contributed by atoms with Crippen LogP contribution in [0, 0.1) is 0 Å². The molecule has 0 aliphatic heterocycles. The molecule has 0 rings (SSSR count). The highest BCUT2D eigenvalue weighted by molar-refractivity contribution is 5.69. The number of rotatable bonds is 25. The molecule has 0 aliphatic rings. The van der Waals surface area contributed by atoms with Crippen LogP contribution in [0.15, 0.2) is 0 Å². The van der Waals surface area contributed by atoms with Crippen LogP contribution in [0.25, 0.3) is 0 Å². The molecule has 0 radical (unpaired) electrons. The Morgan fingerprint density at radius 3 is 1.31 bits per heavy atom. The van der Waals surface area contributed by atoms with Crippen LogP contribution in [0.2, 0.25) is 0 Å². The van der Waals surface area contributed by atoms with Crippen LogP contribution < -0.4 is 0 Å². The van der Waals surface area contributed by atoms with Gasteiger partial charge in [-0.2, -0.15) is 0 Å². The van der Waals surface area contributed by atoms with E-state index >= 15 is 0 Å². The Bertz CT molecular complexity index is 457. The van der Waals surface area contributed by atoms with Crippen LogP contribution in [0.3, 0.4) is 0 Å². The number of hydrogen-bond donors (Lipinski definition) is 3. The lowest BCUT2D eigenvalue weighted by atomic mass is 10.1. The highest BCUT2D eigenvalue weighted by atomic mass is 16.5. The molecule has 0 aliphatic carbocycles. The molecule has 0 saturated carbocycles. The quantitative estimate of drug-likeness (QED) is 0.0967. The summed E-state index contributed by atoms with van der Waals surface area (Å²) >= 11 is 0. The van der Waals surface area contributed by atoms with Gasteiger partial charge in [-0.05, 0) is 12.8 Å². The van der Waals surface area contributed by atoms with E-state index < -0.39 is 6.10 Å². The van der Waals surface area contributed by atoms with Gasteiger partial charge in [0.2, 0.25) is 0 Å². The zero-order valence-electron chi connectivity index (χ0n) is 23.5. The molecular weight excluding hydrogens is 460 g/mol. The van der Waals surface area contributed by atoms with Crippen molar-refractivity contribution in [1.82, 2.24) is 0 Å². The van der Waals surface area contributed by atoms with E-state index in [1.54, 1.807) is 0 Å². The van der Waals surface area contributed by atoms with Crippen molar-refractivity contribution in [2.75, 3.05) is 26.4 Å². The second-order valence-electron chi connectivity index (χ2n) is 9.62. The molecule has 0 aromatic carbocycles. The topological polar surface area (TPSA) is 113 Å². The zero-order chi connectivity index (χ0) is 27.1. The third-order valence-corrected chi connectivity index (χ3v) is 5.97. The van der Waals surface area contributed by atoms with Gasteiger partial charge in [-0.15, -0.1) is 0 Å². The zero-order valence-corrected chi connectivity index (χ0v) is 23.5. The summed E-state index contributed by atoms with van der Waals surface area (Å²) in [6.45, 7) is 4.03. The summed E-state index contributed by atoms with van der Waals surface area (Å²) in [4.78, 5) is 22.3. The first-order valence-corrected chi connectivity index (χ1v) is 14.7. The molecule has 1 unspecified atom stereocenters. The van der Waals surface area contributed by atoms with Gasteiger partial charge in [0.25, 0.3) is 0 Å². The Hall–Kier alpha value is -1.18. The smallest absolute Gasteiger partial charge is 0.305 e. The SMILES string of the molecule is CCCCCCCCCCCC(=O)OCC(O)CO.CCCCCCCCCCCC(=O)OCCO. The van der Waals surface area contributed by atoms with E-state index in [0.717, 1.165) is 25.7 Å². The first-order valence-electron chi connectivity index (χ1n) is 14.7. The van der Waals surface area contributed by atoms with Crippen molar-refractivity contribution in [3.63, 3.8) is 0 Å². The average Bonchev–Trinajstić information content (AvgIpc) is 2.89. The number of aliphatic hydroxyl groups is 3. The van der Waals surface area contributed by atoms with Gasteiger partial charge in [0.05, 0.1) is 13.2 Å². The van der Waals surface area contributed by atoms with Crippen molar-refractivity contribution in [3.05, 3.63) is 0 Å². The average molecular weight is 519 g/mol. The Morgan fingerprint density at radius 2 is 0.944 bits per heavy atom. The van der Waals surface area contributed by atoms with Crippen LogP contribution in [0.1, 0.15) is 142 Å². The molecule has 216 valence electrons. The highest BCUT2D eigenvalue weighted by Gasteiger charge is 2.07. The standard InChI is InChI=1S/C15H30O4.C14H28O3/c1-2-3-4-5-6-7-8-9-10-11-15(18)19-13-14(17)12-16;1-2-3-4-5-6-7-8-9-10-11-14(16)17-13-12-15/h14,16-17H,2-13H2,1H3;15H,2-13H2,1H3. The largest absolute Gasteiger partial charge is 0.463 e. The molecule has 0 saturated heterocycles. The Morgan fingerprint density at radius 1 is 0.583 bits per heavy atom. The lowest BCUT2D eigenvalue weighted by Gasteiger charge is -2.08. The predicted octanol–water partition coefficient (Wildman–Crippen LogP) is 6.25. The fourth-order valence-electron chi connectivity index (χ4n) is 3.71. The molecule has 0 fully saturated rings. The normalized spacial score (nSPS) is 11.5. The predicted molar refractivity (Wildman–Crippen MR) is 146 cm³/mol. The fraction of sp³-hybridized carbons (Fsp3) is 0.931. The van der Waals surface area contributed by atoms with Crippen molar-refractivity contribution in [3.8, 4) is 0 Å². The summed E-state index contributed by atoms with van der Waals surface area (Å²) in [6, 6.07) is 0. The molecule has 0 amide bonds. The molecule has 36 heavy (non-hydrogen) atoms. The number of unbranched alkanes of at least 4 members (excludes halogenated alkanes) is 16. The number of aliphatic hydroxyl groups excluding tert-OH is 3. The van der Waals surface area contributed by atoms with Crippen molar-refractivity contribution < 1.29 is 34.4 Å². The molecule has 7 heteroatoms. The van der Waals surface area contributed by atoms with Crippen molar-refractivity contribution in [2.45, 2.75) is 148 Å². The van der Waals surface area contributed by atoms with Crippen molar-refractivity contribution >= 4 is 11.9 Å². The van der Waals surface area contributed by atoms with Crippen LogP contribution >= 0.6 is 0 Å². The summed E-state index contributed by atoms with van der Waals surface area (Å²) in [5.41, 5.74) is 0. The van der Waals surface area contributed by atoms with Gasteiger partial charge in [0, 0.05) is 12.8 Å². The Kier molecular flexibility index (Phi) is 32.7. The Balaban J connectivity index is 0. The molecule has 7 nitrogen and oxygen atoms in total. The van der Waals surface area contributed by atoms with Gasteiger partial charge in [-0.3, -0.25) is 9.59 Å². The second-order valence-corrected chi connectivity index (χ2v) is 9.62. The molecular formula is C29H58O7. The lowest BCUT2D eigenvalue weighted by Crippen LogP contribution is -2.21. The molecule has 0 spiro atoms. The highest BCUT2D eigenvalue weighted by Crippen LogP contribution is 2.11. The number of carbonyl (C=O) groups excluding carboxylic acids is 2. The molecule has 0 heterocycles. The number of carbonyl (C=O) groups is 2. The maximum absolute atomic E-state index is 11.3. The van der Waals surface area contributed by atoms with Gasteiger partial charge >= 0.3 is 11.9 Å². The van der Waals surface area contributed by atoms with E-state index in [2.05, 4.69) is 13.8 Å². The summed E-state index contributed by atoms with van der Waals surface area (Å²) in [7, 11) is 0. The van der Waals surface area contributed by atoms with Crippen LogP contribution in [-0.4, -0.2) is 59.8 Å². The maximum Gasteiger partial charge on any atom is 0.305 e. The maximum atomic E-state index is 11.3. The van der Waals surface area contributed by atoms with Gasteiger partial charge in [-0.1, -0.05) is 117 Å². The summed E-state index contributed by atoms with van der Waals surface area (Å²) in [5, 5.41) is 26.0. The first-order chi connectivity index (χ1) is 17.5.